The highest BCUT2D eigenvalue weighted by molar-refractivity contribution is 5.76. The molecule has 2 aliphatic rings. The number of ether oxygens (including phenoxy) is 4. The molecular weight excluding hydrogens is 1190 g/mol. The Hall–Kier alpha value is -2.31. The monoisotopic (exact) mass is 1340 g/mol. The number of allylic oxidation sites excluding steroid dienone is 10. The molecular formula is C81H149NO13. The number of nitrogens with one attached hydrogen (secondary N) is 1. The molecule has 0 saturated carbocycles. The number of carbonyl (C=O) groups is 1. The van der Waals surface area contributed by atoms with E-state index in [1.807, 2.05) is 0 Å². The van der Waals surface area contributed by atoms with Crippen LogP contribution in [0.25, 0.3) is 0 Å². The van der Waals surface area contributed by atoms with Crippen molar-refractivity contribution in [3.05, 3.63) is 60.8 Å². The van der Waals surface area contributed by atoms with Crippen molar-refractivity contribution in [2.45, 2.75) is 428 Å². The molecule has 2 aliphatic heterocycles. The largest absolute Gasteiger partial charge is 0.394 e. The van der Waals surface area contributed by atoms with Crippen molar-refractivity contribution in [2.75, 3.05) is 19.8 Å². The van der Waals surface area contributed by atoms with Gasteiger partial charge in [0.1, 0.15) is 48.8 Å². The third-order valence-corrected chi connectivity index (χ3v) is 19.5. The van der Waals surface area contributed by atoms with Crippen LogP contribution in [0.2, 0.25) is 0 Å². The van der Waals surface area contributed by atoms with Crippen LogP contribution < -0.4 is 5.32 Å². The number of amides is 1. The second-order valence-corrected chi connectivity index (χ2v) is 28.2. The maximum atomic E-state index is 13.4. The number of aliphatic hydroxyl groups excluding tert-OH is 8. The molecule has 12 atom stereocenters. The Bertz CT molecular complexity index is 1830. The van der Waals surface area contributed by atoms with Crippen LogP contribution in [-0.4, -0.2) is 140 Å². The summed E-state index contributed by atoms with van der Waals surface area (Å²) in [5.41, 5.74) is 0. The van der Waals surface area contributed by atoms with E-state index < -0.39 is 86.8 Å². The standard InChI is InChI=1S/C81H149NO13/c1-3-5-7-9-11-13-15-17-19-21-23-25-27-29-31-33-35-37-39-41-43-45-47-49-51-53-55-57-59-61-63-65-73(86)82-69(68-92-80-78(91)76(89)79(72(67-84)94-80)95-81-77(90)75(88)74(87)71(66-83)93-81)70(85)64-62-60-58-56-54-52-50-48-46-44-42-40-38-36-34-32-30-28-26-24-22-20-18-16-14-12-10-8-6-4-2/h5,7,11,13,17,19,23,25,29,31,69-72,74-81,83-85,87-91H,3-4,6,8-10,12,14-16,18,20-22,24,26-28,30,32-68H2,1-2H3,(H,82,86)/b7-5-,13-11-,19-17-,25-23-,31-29-. The number of carbonyl (C=O) groups excluding carboxylic acids is 1. The summed E-state index contributed by atoms with van der Waals surface area (Å²) < 4.78 is 23.0. The van der Waals surface area contributed by atoms with Crippen LogP contribution in [0, 0.1) is 0 Å². The molecule has 2 fully saturated rings. The van der Waals surface area contributed by atoms with Gasteiger partial charge in [0.05, 0.1) is 32.0 Å². The molecule has 14 nitrogen and oxygen atoms in total. The van der Waals surface area contributed by atoms with Gasteiger partial charge in [-0.25, -0.2) is 0 Å². The third kappa shape index (κ3) is 48.2. The summed E-state index contributed by atoms with van der Waals surface area (Å²) in [6, 6.07) is -0.833. The van der Waals surface area contributed by atoms with Crippen molar-refractivity contribution in [3.8, 4) is 0 Å². The van der Waals surface area contributed by atoms with E-state index in [4.69, 9.17) is 18.9 Å². The van der Waals surface area contributed by atoms with Gasteiger partial charge in [0.25, 0.3) is 0 Å². The third-order valence-electron chi connectivity index (χ3n) is 19.5. The maximum absolute atomic E-state index is 13.4. The lowest BCUT2D eigenvalue weighted by molar-refractivity contribution is -0.359. The minimum Gasteiger partial charge on any atom is -0.394 e. The Balaban J connectivity index is 1.61. The number of unbranched alkanes of at least 4 members (excludes halogenated alkanes) is 44. The van der Waals surface area contributed by atoms with Crippen LogP contribution in [0.3, 0.4) is 0 Å². The second kappa shape index (κ2) is 65.0. The highest BCUT2D eigenvalue weighted by Gasteiger charge is 2.51. The fourth-order valence-corrected chi connectivity index (χ4v) is 13.2. The first-order valence-corrected chi connectivity index (χ1v) is 40.0. The van der Waals surface area contributed by atoms with Crippen LogP contribution in [0.4, 0.5) is 0 Å². The van der Waals surface area contributed by atoms with E-state index in [0.717, 1.165) is 83.5 Å². The lowest BCUT2D eigenvalue weighted by atomic mass is 9.97. The van der Waals surface area contributed by atoms with E-state index in [1.54, 1.807) is 0 Å². The Morgan fingerprint density at radius 2 is 0.726 bits per heavy atom. The fourth-order valence-electron chi connectivity index (χ4n) is 13.2. The van der Waals surface area contributed by atoms with Crippen molar-refractivity contribution >= 4 is 5.91 Å². The highest BCUT2D eigenvalue weighted by Crippen LogP contribution is 2.30. The molecule has 0 aromatic rings. The van der Waals surface area contributed by atoms with Gasteiger partial charge in [-0.15, -0.1) is 0 Å². The number of aliphatic hydroxyl groups is 8. The molecule has 14 heteroatoms. The molecule has 9 N–H and O–H groups in total. The van der Waals surface area contributed by atoms with Gasteiger partial charge in [-0.05, 0) is 57.8 Å². The molecule has 0 aromatic carbocycles. The van der Waals surface area contributed by atoms with Crippen molar-refractivity contribution < 1.29 is 64.6 Å². The van der Waals surface area contributed by atoms with E-state index in [0.29, 0.717) is 12.8 Å². The molecule has 95 heavy (non-hydrogen) atoms. The Labute approximate surface area is 581 Å². The maximum Gasteiger partial charge on any atom is 0.220 e. The molecule has 0 aliphatic carbocycles. The van der Waals surface area contributed by atoms with E-state index >= 15 is 0 Å². The summed E-state index contributed by atoms with van der Waals surface area (Å²) in [7, 11) is 0. The normalized spacial score (nSPS) is 22.6. The lowest BCUT2D eigenvalue weighted by Gasteiger charge is -2.46. The molecule has 2 saturated heterocycles. The molecule has 0 spiro atoms. The smallest absolute Gasteiger partial charge is 0.220 e. The van der Waals surface area contributed by atoms with Gasteiger partial charge in [0, 0.05) is 6.42 Å². The van der Waals surface area contributed by atoms with E-state index in [2.05, 4.69) is 79.9 Å². The van der Waals surface area contributed by atoms with E-state index in [9.17, 15) is 45.6 Å². The summed E-state index contributed by atoms with van der Waals surface area (Å²) >= 11 is 0. The SMILES string of the molecule is CC/C=C\C/C=C\C/C=C\C/C=C\C/C=C\CCCCCCCCCCCCCCCCCC(=O)NC(COC1OC(CO)C(OC2OC(CO)C(O)C(O)C2O)C(O)C1O)C(O)CCCCCCCCCCCCCCCCCCCCCCCCCCCCCCCC. The molecule has 0 aromatic heterocycles. The van der Waals surface area contributed by atoms with Crippen LogP contribution in [-0.2, 0) is 23.7 Å². The molecule has 556 valence electrons. The molecule has 2 heterocycles. The Morgan fingerprint density at radius 1 is 0.389 bits per heavy atom. The zero-order valence-corrected chi connectivity index (χ0v) is 60.9. The van der Waals surface area contributed by atoms with Gasteiger partial charge in [-0.1, -0.05) is 351 Å². The first-order chi connectivity index (χ1) is 46.6. The van der Waals surface area contributed by atoms with Crippen LogP contribution in [0.1, 0.15) is 354 Å². The Kier molecular flexibility index (Phi) is 60.8. The minimum absolute atomic E-state index is 0.203. The molecule has 1 amide bonds. The van der Waals surface area contributed by atoms with Crippen molar-refractivity contribution in [3.63, 3.8) is 0 Å². The first kappa shape index (κ1) is 88.8. The van der Waals surface area contributed by atoms with Gasteiger partial charge in [-0.2, -0.15) is 0 Å². The number of hydrogen-bond acceptors (Lipinski definition) is 13. The minimum atomic E-state index is -1.78. The summed E-state index contributed by atoms with van der Waals surface area (Å²) in [5, 5.41) is 87.9. The van der Waals surface area contributed by atoms with Crippen LogP contribution in [0.15, 0.2) is 60.8 Å². The summed E-state index contributed by atoms with van der Waals surface area (Å²) in [6.45, 7) is 2.80. The van der Waals surface area contributed by atoms with Crippen LogP contribution >= 0.6 is 0 Å². The lowest BCUT2D eigenvalue weighted by Crippen LogP contribution is -2.65. The predicted octanol–water partition coefficient (Wildman–Crippen LogP) is 18.0. The molecule has 2 rings (SSSR count). The topological polar surface area (TPSA) is 228 Å². The zero-order valence-electron chi connectivity index (χ0n) is 60.9. The fraction of sp³-hybridized carbons (Fsp3) is 0.864. The summed E-state index contributed by atoms with van der Waals surface area (Å²) in [6.07, 6.45) is 71.1. The number of rotatable bonds is 67. The molecule has 0 bridgehead atoms. The average Bonchev–Trinajstić information content (AvgIpc) is 0.801. The predicted molar refractivity (Wildman–Crippen MR) is 392 cm³/mol. The van der Waals surface area contributed by atoms with Crippen molar-refractivity contribution in [1.29, 1.82) is 0 Å². The quantitative estimate of drug-likeness (QED) is 0.0204. The average molecular weight is 1350 g/mol. The summed E-state index contributed by atoms with van der Waals surface area (Å²) in [5.74, 6) is -0.203. The van der Waals surface area contributed by atoms with E-state index in [1.165, 1.54) is 244 Å². The van der Waals surface area contributed by atoms with Gasteiger partial charge in [0.15, 0.2) is 12.6 Å². The van der Waals surface area contributed by atoms with Gasteiger partial charge < -0.3 is 65.1 Å². The van der Waals surface area contributed by atoms with Gasteiger partial charge >= 0.3 is 0 Å². The first-order valence-electron chi connectivity index (χ1n) is 40.0. The van der Waals surface area contributed by atoms with Crippen molar-refractivity contribution in [2.24, 2.45) is 0 Å². The summed E-state index contributed by atoms with van der Waals surface area (Å²) in [4.78, 5) is 13.4. The molecule has 12 unspecified atom stereocenters. The van der Waals surface area contributed by atoms with Gasteiger partial charge in [0.2, 0.25) is 5.91 Å². The second-order valence-electron chi connectivity index (χ2n) is 28.2. The molecule has 0 radical (unpaired) electrons. The van der Waals surface area contributed by atoms with E-state index in [-0.39, 0.29) is 12.5 Å². The van der Waals surface area contributed by atoms with Crippen molar-refractivity contribution in [1.82, 2.24) is 5.32 Å². The number of hydrogen-bond donors (Lipinski definition) is 9. The highest BCUT2D eigenvalue weighted by atomic mass is 16.7. The van der Waals surface area contributed by atoms with Gasteiger partial charge in [-0.3, -0.25) is 4.79 Å². The van der Waals surface area contributed by atoms with Crippen LogP contribution in [0.5, 0.6) is 0 Å². The Morgan fingerprint density at radius 3 is 1.12 bits per heavy atom. The zero-order chi connectivity index (χ0) is 68.7.